The minimum Gasteiger partial charge on any atom is -0.485 e. The summed E-state index contributed by atoms with van der Waals surface area (Å²) in [6.45, 7) is 3.75. The Balaban J connectivity index is 1.07. The zero-order valence-corrected chi connectivity index (χ0v) is 26.1. The van der Waals surface area contributed by atoms with Crippen LogP contribution < -0.4 is 4.74 Å². The molecule has 46 heavy (non-hydrogen) atoms. The van der Waals surface area contributed by atoms with Crippen molar-refractivity contribution in [3.63, 3.8) is 0 Å². The normalized spacial score (nSPS) is 17.2. The van der Waals surface area contributed by atoms with Crippen LogP contribution in [0, 0.1) is 17.1 Å². The number of carbonyl (C=O) groups is 1. The summed E-state index contributed by atoms with van der Waals surface area (Å²) < 4.78 is 39.8. The third-order valence-corrected chi connectivity index (χ3v) is 9.23. The SMILES string of the molecule is COC(=O)c1ccc2nc(CN3CCC(c4cccc(F)c4OCc4ccc(C#N)c5cc(Cl)oc45)CC3)n(C[C@@H]3CCO3)c2c1. The summed E-state index contributed by atoms with van der Waals surface area (Å²) in [5.74, 6) is 0.480. The molecule has 11 heteroatoms. The summed E-state index contributed by atoms with van der Waals surface area (Å²) in [5.41, 5.74) is 4.64. The van der Waals surface area contributed by atoms with E-state index in [0.29, 0.717) is 40.7 Å². The molecule has 0 spiro atoms. The predicted molar refractivity (Wildman–Crippen MR) is 169 cm³/mol. The number of halogens is 2. The molecule has 2 saturated heterocycles. The third kappa shape index (κ3) is 5.82. The molecule has 0 amide bonds. The molecule has 0 N–H and O–H groups in total. The summed E-state index contributed by atoms with van der Waals surface area (Å²) >= 11 is 6.09. The number of piperidine rings is 1. The van der Waals surface area contributed by atoms with Crippen LogP contribution in [-0.4, -0.2) is 53.3 Å². The van der Waals surface area contributed by atoms with E-state index in [9.17, 15) is 10.1 Å². The lowest BCUT2D eigenvalue weighted by Gasteiger charge is -2.33. The second-order valence-corrected chi connectivity index (χ2v) is 12.2. The largest absolute Gasteiger partial charge is 0.485 e. The molecule has 3 aromatic carbocycles. The summed E-state index contributed by atoms with van der Waals surface area (Å²) in [5, 5.41) is 10.2. The molecule has 0 saturated carbocycles. The van der Waals surface area contributed by atoms with Gasteiger partial charge in [-0.05, 0) is 80.2 Å². The van der Waals surface area contributed by atoms with Gasteiger partial charge in [0.05, 0.1) is 54.5 Å². The molecule has 2 aromatic heterocycles. The molecule has 236 valence electrons. The van der Waals surface area contributed by atoms with Crippen molar-refractivity contribution in [3.05, 3.63) is 93.7 Å². The second-order valence-electron chi connectivity index (χ2n) is 11.8. The fourth-order valence-electron chi connectivity index (χ4n) is 6.49. The Labute approximate surface area is 270 Å². The number of methoxy groups -OCH3 is 1. The lowest BCUT2D eigenvalue weighted by Crippen LogP contribution is -2.35. The molecule has 9 nitrogen and oxygen atoms in total. The van der Waals surface area contributed by atoms with E-state index in [0.717, 1.165) is 61.4 Å². The third-order valence-electron chi connectivity index (χ3n) is 9.05. The first-order chi connectivity index (χ1) is 22.4. The lowest BCUT2D eigenvalue weighted by molar-refractivity contribution is -0.0592. The molecular formula is C35H32ClFN4O5. The van der Waals surface area contributed by atoms with E-state index in [-0.39, 0.29) is 35.6 Å². The highest BCUT2D eigenvalue weighted by molar-refractivity contribution is 6.29. The molecular weight excluding hydrogens is 611 g/mol. The summed E-state index contributed by atoms with van der Waals surface area (Å²) in [7, 11) is 1.38. The molecule has 7 rings (SSSR count). The molecule has 1 atom stereocenters. The van der Waals surface area contributed by atoms with E-state index in [2.05, 4.69) is 15.5 Å². The minimum atomic E-state index is -0.416. The van der Waals surface area contributed by atoms with E-state index in [1.54, 1.807) is 30.3 Å². The lowest BCUT2D eigenvalue weighted by atomic mass is 9.88. The smallest absolute Gasteiger partial charge is 0.337 e. The van der Waals surface area contributed by atoms with Gasteiger partial charge in [0.1, 0.15) is 18.0 Å². The topological polar surface area (TPSA) is 103 Å². The van der Waals surface area contributed by atoms with Crippen LogP contribution in [0.2, 0.25) is 5.22 Å². The van der Waals surface area contributed by atoms with Gasteiger partial charge in [-0.15, -0.1) is 0 Å². The molecule has 4 heterocycles. The highest BCUT2D eigenvalue weighted by Gasteiger charge is 2.28. The Bertz CT molecular complexity index is 1970. The van der Waals surface area contributed by atoms with Crippen molar-refractivity contribution in [2.75, 3.05) is 26.8 Å². The molecule has 2 aliphatic heterocycles. The number of nitriles is 1. The van der Waals surface area contributed by atoms with Crippen LogP contribution in [0.5, 0.6) is 5.75 Å². The van der Waals surface area contributed by atoms with Crippen LogP contribution in [0.3, 0.4) is 0 Å². The monoisotopic (exact) mass is 642 g/mol. The van der Waals surface area contributed by atoms with Crippen LogP contribution in [0.4, 0.5) is 4.39 Å². The van der Waals surface area contributed by atoms with Gasteiger partial charge in [-0.25, -0.2) is 14.2 Å². The fourth-order valence-corrected chi connectivity index (χ4v) is 6.67. The van der Waals surface area contributed by atoms with Crippen molar-refractivity contribution in [3.8, 4) is 11.8 Å². The van der Waals surface area contributed by atoms with Crippen LogP contribution in [0.25, 0.3) is 22.0 Å². The number of hydrogen-bond acceptors (Lipinski definition) is 8. The van der Waals surface area contributed by atoms with Gasteiger partial charge in [0, 0.05) is 29.2 Å². The van der Waals surface area contributed by atoms with E-state index in [1.165, 1.54) is 13.2 Å². The number of nitrogens with zero attached hydrogens (tertiary/aromatic N) is 4. The van der Waals surface area contributed by atoms with Crippen molar-refractivity contribution in [1.82, 2.24) is 14.5 Å². The van der Waals surface area contributed by atoms with Crippen LogP contribution in [0.15, 0.2) is 59.0 Å². The van der Waals surface area contributed by atoms with Gasteiger partial charge in [0.2, 0.25) is 0 Å². The summed E-state index contributed by atoms with van der Waals surface area (Å²) in [6, 6.07) is 17.7. The standard InChI is InChI=1S/C35H32ClFN4O5/c1-43-35(42)22-7-8-29-30(15-22)41(18-25-11-14-44-25)32(39-29)19-40-12-9-21(10-13-40)26-3-2-4-28(37)34(26)45-20-24-6-5-23(17-38)27-16-31(36)46-33(24)27/h2-8,15-16,21,25H,9-14,18-20H2,1H3/t25-/m0/s1. The summed E-state index contributed by atoms with van der Waals surface area (Å²) in [4.78, 5) is 19.5. The number of likely N-dealkylation sites (tertiary alicyclic amines) is 1. The molecule has 5 aromatic rings. The molecule has 0 aliphatic carbocycles. The van der Waals surface area contributed by atoms with Crippen molar-refractivity contribution in [1.29, 1.82) is 5.26 Å². The Morgan fingerprint density at radius 2 is 1.98 bits per heavy atom. The maximum absolute atomic E-state index is 15.2. The molecule has 2 aliphatic rings. The molecule has 0 bridgehead atoms. The number of para-hydroxylation sites is 1. The van der Waals surface area contributed by atoms with Crippen molar-refractivity contribution in [2.45, 2.75) is 51.0 Å². The Morgan fingerprint density at radius 1 is 1.15 bits per heavy atom. The van der Waals surface area contributed by atoms with Gasteiger partial charge in [-0.3, -0.25) is 4.90 Å². The molecule has 0 radical (unpaired) electrons. The minimum absolute atomic E-state index is 0.0669. The average Bonchev–Trinajstić information content (AvgIpc) is 3.61. The van der Waals surface area contributed by atoms with Gasteiger partial charge in [-0.2, -0.15) is 5.26 Å². The summed E-state index contributed by atoms with van der Waals surface area (Å²) in [6.07, 6.45) is 2.77. The number of imidazole rings is 1. The quantitative estimate of drug-likeness (QED) is 0.159. The number of ether oxygens (including phenoxy) is 3. The van der Waals surface area contributed by atoms with Crippen molar-refractivity contribution >= 4 is 39.6 Å². The number of rotatable bonds is 9. The maximum Gasteiger partial charge on any atom is 0.337 e. The number of carbonyl (C=O) groups excluding carboxylic acids is 1. The van der Waals surface area contributed by atoms with Gasteiger partial charge >= 0.3 is 5.97 Å². The van der Waals surface area contributed by atoms with E-state index in [1.807, 2.05) is 18.2 Å². The van der Waals surface area contributed by atoms with Gasteiger partial charge < -0.3 is 23.2 Å². The van der Waals surface area contributed by atoms with E-state index in [4.69, 9.17) is 35.2 Å². The van der Waals surface area contributed by atoms with Crippen molar-refractivity contribution in [2.24, 2.45) is 0 Å². The number of hydrogen-bond donors (Lipinski definition) is 0. The van der Waals surface area contributed by atoms with Gasteiger partial charge in [0.15, 0.2) is 16.8 Å². The number of fused-ring (bicyclic) bond motifs is 2. The van der Waals surface area contributed by atoms with Crippen LogP contribution in [-0.2, 0) is 29.2 Å². The first-order valence-corrected chi connectivity index (χ1v) is 15.7. The first kappa shape index (κ1) is 30.2. The van der Waals surface area contributed by atoms with Crippen LogP contribution in [0.1, 0.15) is 58.1 Å². The zero-order chi connectivity index (χ0) is 31.8. The predicted octanol–water partition coefficient (Wildman–Crippen LogP) is 6.98. The molecule has 0 unspecified atom stereocenters. The van der Waals surface area contributed by atoms with Gasteiger partial charge in [-0.1, -0.05) is 18.2 Å². The Kier molecular flexibility index (Phi) is 8.38. The fraction of sp³-hybridized carbons (Fsp3) is 0.343. The van der Waals surface area contributed by atoms with Crippen LogP contribution >= 0.6 is 11.6 Å². The average molecular weight is 643 g/mol. The Morgan fingerprint density at radius 3 is 2.72 bits per heavy atom. The van der Waals surface area contributed by atoms with Crippen molar-refractivity contribution < 1.29 is 27.8 Å². The maximum atomic E-state index is 15.2. The highest BCUT2D eigenvalue weighted by atomic mass is 35.5. The van der Waals surface area contributed by atoms with E-state index < -0.39 is 5.82 Å². The highest BCUT2D eigenvalue weighted by Crippen LogP contribution is 2.38. The second kappa shape index (κ2) is 12.8. The zero-order valence-electron chi connectivity index (χ0n) is 25.3. The first-order valence-electron chi connectivity index (χ1n) is 15.4. The number of aromatic nitrogens is 2. The van der Waals surface area contributed by atoms with Gasteiger partial charge in [0.25, 0.3) is 0 Å². The Hall–Kier alpha value is -4.43. The molecule has 2 fully saturated rings. The number of furan rings is 1. The number of benzene rings is 3. The number of esters is 1. The van der Waals surface area contributed by atoms with E-state index >= 15 is 4.39 Å².